The zero-order valence-corrected chi connectivity index (χ0v) is 9.74. The quantitative estimate of drug-likeness (QED) is 0.543. The Morgan fingerprint density at radius 1 is 1.07 bits per heavy atom. The molecule has 0 unspecified atom stereocenters. The van der Waals surface area contributed by atoms with Crippen LogP contribution in [-0.4, -0.2) is 0 Å². The molecule has 0 fully saturated rings. The number of hydrogen-bond acceptors (Lipinski definition) is 0. The minimum atomic E-state index is 0.911. The topological polar surface area (TPSA) is 0 Å². The lowest BCUT2D eigenvalue weighted by atomic mass is 10.0. The Balaban J connectivity index is 4.58. The fourth-order valence-corrected chi connectivity index (χ4v) is 1.10. The predicted octanol–water partition coefficient (Wildman–Crippen LogP) is 4.75. The van der Waals surface area contributed by atoms with E-state index in [-0.39, 0.29) is 0 Å². The van der Waals surface area contributed by atoms with Crippen LogP contribution in [0.2, 0.25) is 0 Å². The summed E-state index contributed by atoms with van der Waals surface area (Å²) in [5, 5.41) is 0. The first-order chi connectivity index (χ1) is 7.28. The van der Waals surface area contributed by atoms with Crippen molar-refractivity contribution in [2.45, 2.75) is 20.3 Å². The molecule has 0 atom stereocenters. The maximum Gasteiger partial charge on any atom is -0.00293 e. The molecule has 0 heterocycles. The monoisotopic (exact) mass is 200 g/mol. The smallest absolute Gasteiger partial charge is 0.00293 e. The maximum absolute atomic E-state index is 3.81. The van der Waals surface area contributed by atoms with Gasteiger partial charge in [-0.1, -0.05) is 61.8 Å². The molecule has 0 aromatic carbocycles. The third kappa shape index (κ3) is 6.50. The summed E-state index contributed by atoms with van der Waals surface area (Å²) in [4.78, 5) is 0. The molecule has 0 bridgehead atoms. The zero-order valence-electron chi connectivity index (χ0n) is 9.74. The summed E-state index contributed by atoms with van der Waals surface area (Å²) in [6.45, 7) is 11.5. The highest BCUT2D eigenvalue weighted by molar-refractivity contribution is 5.32. The van der Waals surface area contributed by atoms with Crippen LogP contribution in [0.15, 0.2) is 72.9 Å². The highest BCUT2D eigenvalue weighted by Gasteiger charge is 1.93. The van der Waals surface area contributed by atoms with Crippen LogP contribution in [0.25, 0.3) is 0 Å². The molecule has 0 saturated carbocycles. The van der Waals surface area contributed by atoms with Crippen molar-refractivity contribution in [3.05, 3.63) is 72.9 Å². The Bertz CT molecular complexity index is 309. The van der Waals surface area contributed by atoms with Gasteiger partial charge in [0.15, 0.2) is 0 Å². The molecule has 0 rings (SSSR count). The number of allylic oxidation sites excluding steroid dienone is 10. The standard InChI is InChI=1S/C15H20/c1-5-9-11-14(7-3)13-15(8-4)12-10-6-2/h5-12H,1,4,13H2,2-3H3/b10-6-,11-9-,14-7+,15-12+. The third-order valence-electron chi connectivity index (χ3n) is 1.99. The van der Waals surface area contributed by atoms with Gasteiger partial charge in [-0.15, -0.1) is 0 Å². The van der Waals surface area contributed by atoms with Gasteiger partial charge in [-0.25, -0.2) is 0 Å². The van der Waals surface area contributed by atoms with Crippen molar-refractivity contribution in [1.29, 1.82) is 0 Å². The Morgan fingerprint density at radius 3 is 2.27 bits per heavy atom. The first-order valence-electron chi connectivity index (χ1n) is 5.17. The lowest BCUT2D eigenvalue weighted by molar-refractivity contribution is 1.20. The van der Waals surface area contributed by atoms with Crippen LogP contribution in [0.1, 0.15) is 20.3 Å². The summed E-state index contributed by atoms with van der Waals surface area (Å²) >= 11 is 0. The SMILES string of the molecule is C=C/C=C\C(=C/C)C/C(C=C)=C/C=C\C. The molecule has 0 aliphatic rings. The summed E-state index contributed by atoms with van der Waals surface area (Å²) in [7, 11) is 0. The molecule has 0 nitrogen and oxygen atoms in total. The van der Waals surface area contributed by atoms with Gasteiger partial charge >= 0.3 is 0 Å². The van der Waals surface area contributed by atoms with Crippen molar-refractivity contribution < 1.29 is 0 Å². The second kappa shape index (κ2) is 9.01. The Hall–Kier alpha value is -1.56. The van der Waals surface area contributed by atoms with Crippen LogP contribution < -0.4 is 0 Å². The van der Waals surface area contributed by atoms with Gasteiger partial charge in [0.2, 0.25) is 0 Å². The molecule has 0 aromatic rings. The van der Waals surface area contributed by atoms with E-state index in [4.69, 9.17) is 0 Å². The summed E-state index contributed by atoms with van der Waals surface area (Å²) < 4.78 is 0. The predicted molar refractivity (Wildman–Crippen MR) is 70.8 cm³/mol. The second-order valence-electron chi connectivity index (χ2n) is 3.11. The van der Waals surface area contributed by atoms with Gasteiger partial charge in [0.05, 0.1) is 0 Å². The zero-order chi connectivity index (χ0) is 11.5. The lowest BCUT2D eigenvalue weighted by Crippen LogP contribution is -1.82. The van der Waals surface area contributed by atoms with E-state index in [1.54, 1.807) is 6.08 Å². The van der Waals surface area contributed by atoms with E-state index in [9.17, 15) is 0 Å². The van der Waals surface area contributed by atoms with Crippen molar-refractivity contribution in [3.8, 4) is 0 Å². The van der Waals surface area contributed by atoms with Crippen LogP contribution >= 0.6 is 0 Å². The van der Waals surface area contributed by atoms with Crippen molar-refractivity contribution in [1.82, 2.24) is 0 Å². The molecular weight excluding hydrogens is 180 g/mol. The summed E-state index contributed by atoms with van der Waals surface area (Å²) in [5.74, 6) is 0. The third-order valence-corrected chi connectivity index (χ3v) is 1.99. The van der Waals surface area contributed by atoms with Crippen molar-refractivity contribution >= 4 is 0 Å². The molecule has 0 heteroatoms. The molecular formula is C15H20. The molecule has 80 valence electrons. The van der Waals surface area contributed by atoms with E-state index in [0.717, 1.165) is 6.42 Å². The van der Waals surface area contributed by atoms with Crippen molar-refractivity contribution in [3.63, 3.8) is 0 Å². The molecule has 0 aliphatic heterocycles. The molecule has 0 radical (unpaired) electrons. The van der Waals surface area contributed by atoms with Gasteiger partial charge in [-0.05, 0) is 31.4 Å². The molecule has 0 aliphatic carbocycles. The molecule has 0 spiro atoms. The molecule has 0 aromatic heterocycles. The minimum Gasteiger partial charge on any atom is -0.0991 e. The van der Waals surface area contributed by atoms with E-state index in [1.807, 2.05) is 38.2 Å². The van der Waals surface area contributed by atoms with E-state index in [0.29, 0.717) is 0 Å². The molecule has 0 amide bonds. The summed E-state index contributed by atoms with van der Waals surface area (Å²) in [6.07, 6.45) is 16.8. The fourth-order valence-electron chi connectivity index (χ4n) is 1.10. The number of hydrogen-bond donors (Lipinski definition) is 0. The first kappa shape index (κ1) is 13.4. The van der Waals surface area contributed by atoms with E-state index >= 15 is 0 Å². The van der Waals surface area contributed by atoms with Gasteiger partial charge in [0, 0.05) is 0 Å². The Morgan fingerprint density at radius 2 is 1.80 bits per heavy atom. The Kier molecular flexibility index (Phi) is 8.08. The van der Waals surface area contributed by atoms with Crippen LogP contribution in [0.5, 0.6) is 0 Å². The van der Waals surface area contributed by atoms with E-state index in [2.05, 4.69) is 31.4 Å². The van der Waals surface area contributed by atoms with Crippen molar-refractivity contribution in [2.24, 2.45) is 0 Å². The van der Waals surface area contributed by atoms with Gasteiger partial charge in [-0.3, -0.25) is 0 Å². The summed E-state index contributed by atoms with van der Waals surface area (Å²) in [6, 6.07) is 0. The van der Waals surface area contributed by atoms with Crippen LogP contribution in [-0.2, 0) is 0 Å². The van der Waals surface area contributed by atoms with Crippen molar-refractivity contribution in [2.75, 3.05) is 0 Å². The highest BCUT2D eigenvalue weighted by atomic mass is 14.0. The van der Waals surface area contributed by atoms with Gasteiger partial charge in [0.1, 0.15) is 0 Å². The van der Waals surface area contributed by atoms with Gasteiger partial charge in [0.25, 0.3) is 0 Å². The molecule has 0 N–H and O–H groups in total. The largest absolute Gasteiger partial charge is 0.0991 e. The summed E-state index contributed by atoms with van der Waals surface area (Å²) in [5.41, 5.74) is 2.49. The second-order valence-corrected chi connectivity index (χ2v) is 3.11. The molecule has 15 heavy (non-hydrogen) atoms. The van der Waals surface area contributed by atoms with Crippen LogP contribution in [0.4, 0.5) is 0 Å². The maximum atomic E-state index is 3.81. The van der Waals surface area contributed by atoms with Crippen LogP contribution in [0, 0.1) is 0 Å². The Labute approximate surface area is 93.7 Å². The number of rotatable bonds is 6. The normalized spacial score (nSPS) is 13.7. The van der Waals surface area contributed by atoms with Crippen LogP contribution in [0.3, 0.4) is 0 Å². The fraction of sp³-hybridized carbons (Fsp3) is 0.200. The van der Waals surface area contributed by atoms with E-state index < -0.39 is 0 Å². The van der Waals surface area contributed by atoms with Gasteiger partial charge < -0.3 is 0 Å². The first-order valence-corrected chi connectivity index (χ1v) is 5.17. The van der Waals surface area contributed by atoms with E-state index in [1.165, 1.54) is 11.1 Å². The highest BCUT2D eigenvalue weighted by Crippen LogP contribution is 2.13. The lowest BCUT2D eigenvalue weighted by Gasteiger charge is -2.01. The minimum absolute atomic E-state index is 0.911. The molecule has 0 saturated heterocycles. The average Bonchev–Trinajstić information content (AvgIpc) is 2.28. The average molecular weight is 200 g/mol. The van der Waals surface area contributed by atoms with Gasteiger partial charge in [-0.2, -0.15) is 0 Å².